The van der Waals surface area contributed by atoms with E-state index in [1.54, 1.807) is 24.0 Å². The van der Waals surface area contributed by atoms with Gasteiger partial charge in [-0.1, -0.05) is 35.9 Å². The molecule has 1 atom stereocenters. The minimum atomic E-state index is -1.07. The summed E-state index contributed by atoms with van der Waals surface area (Å²) in [4.78, 5) is 41.4. The highest BCUT2D eigenvalue weighted by Gasteiger charge is 2.49. The first-order valence-electron chi connectivity index (χ1n) is 13.1. The van der Waals surface area contributed by atoms with E-state index in [0.29, 0.717) is 29.4 Å². The summed E-state index contributed by atoms with van der Waals surface area (Å²) < 4.78 is 6.12. The largest absolute Gasteiger partial charge is 0.493 e. The number of ether oxygens (including phenoxy) is 1. The van der Waals surface area contributed by atoms with Gasteiger partial charge in [-0.05, 0) is 69.5 Å². The van der Waals surface area contributed by atoms with E-state index in [4.69, 9.17) is 16.3 Å². The number of hydrogen-bond donors (Lipinski definition) is 1. The number of nitriles is 1. The van der Waals surface area contributed by atoms with Crippen LogP contribution in [0.4, 0.5) is 0 Å². The van der Waals surface area contributed by atoms with E-state index < -0.39 is 16.9 Å². The lowest BCUT2D eigenvalue weighted by Gasteiger charge is -2.39. The fraction of sp³-hybridized carbons (Fsp3) is 0.448. The molecule has 5 rings (SSSR count). The van der Waals surface area contributed by atoms with Crippen LogP contribution in [0.3, 0.4) is 0 Å². The molecule has 2 aromatic carbocycles. The SMILES string of the molecule is C[C@]1(N2Cc3c(OCCCN4CCC(C#N)(c5ccccc5Cl)CC4)cccc3C2=O)CCC(=O)NC1=O. The van der Waals surface area contributed by atoms with Crippen molar-refractivity contribution in [2.75, 3.05) is 26.2 Å². The zero-order valence-corrected chi connectivity index (χ0v) is 22.2. The Balaban J connectivity index is 1.16. The molecule has 8 nitrogen and oxygen atoms in total. The van der Waals surface area contributed by atoms with E-state index in [1.165, 1.54) is 0 Å². The Labute approximate surface area is 227 Å². The van der Waals surface area contributed by atoms with Crippen LogP contribution < -0.4 is 10.1 Å². The number of nitrogens with one attached hydrogen (secondary N) is 1. The molecule has 0 aromatic heterocycles. The van der Waals surface area contributed by atoms with Crippen LogP contribution in [0.15, 0.2) is 42.5 Å². The fourth-order valence-corrected chi connectivity index (χ4v) is 6.13. The fourth-order valence-electron chi connectivity index (χ4n) is 5.81. The standard InChI is InChI=1S/C29H31ClN4O4/c1-28(11-10-25(35)32-27(28)37)34-18-21-20(26(34)36)6-4-9-24(21)38-17-5-14-33-15-12-29(19-31,13-16-33)22-7-2-3-8-23(22)30/h2-4,6-9H,5,10-18H2,1H3,(H,32,35,37)/t28-/m0/s1. The van der Waals surface area contributed by atoms with E-state index in [2.05, 4.69) is 16.3 Å². The number of hydrogen-bond acceptors (Lipinski definition) is 6. The number of amides is 3. The molecule has 38 heavy (non-hydrogen) atoms. The number of carbonyl (C=O) groups is 3. The Morgan fingerprint density at radius 2 is 1.84 bits per heavy atom. The van der Waals surface area contributed by atoms with Crippen LogP contribution in [0.1, 0.15) is 60.5 Å². The zero-order chi connectivity index (χ0) is 26.9. The van der Waals surface area contributed by atoms with Crippen molar-refractivity contribution in [3.05, 3.63) is 64.2 Å². The summed E-state index contributed by atoms with van der Waals surface area (Å²) in [5, 5.41) is 13.0. The van der Waals surface area contributed by atoms with E-state index in [-0.39, 0.29) is 24.8 Å². The molecule has 0 saturated carbocycles. The molecular weight excluding hydrogens is 504 g/mol. The van der Waals surface area contributed by atoms with Gasteiger partial charge in [0.15, 0.2) is 0 Å². The highest BCUT2D eigenvalue weighted by Crippen LogP contribution is 2.39. The average molecular weight is 535 g/mol. The Morgan fingerprint density at radius 1 is 1.08 bits per heavy atom. The summed E-state index contributed by atoms with van der Waals surface area (Å²) in [6, 6.07) is 15.6. The molecule has 2 saturated heterocycles. The summed E-state index contributed by atoms with van der Waals surface area (Å²) in [6.07, 6.45) is 2.77. The number of nitrogens with zero attached hydrogens (tertiary/aromatic N) is 3. The highest BCUT2D eigenvalue weighted by atomic mass is 35.5. The molecule has 3 aliphatic rings. The minimum Gasteiger partial charge on any atom is -0.493 e. The predicted molar refractivity (Wildman–Crippen MR) is 142 cm³/mol. The van der Waals surface area contributed by atoms with Gasteiger partial charge in [0, 0.05) is 29.1 Å². The molecule has 2 aromatic rings. The number of halogens is 1. The summed E-state index contributed by atoms with van der Waals surface area (Å²) in [5.41, 5.74) is 0.614. The quantitative estimate of drug-likeness (QED) is 0.428. The molecule has 0 radical (unpaired) electrons. The maximum absolute atomic E-state index is 13.2. The van der Waals surface area contributed by atoms with Gasteiger partial charge in [0.05, 0.1) is 24.6 Å². The van der Waals surface area contributed by atoms with Gasteiger partial charge >= 0.3 is 0 Å². The van der Waals surface area contributed by atoms with Crippen molar-refractivity contribution in [2.24, 2.45) is 0 Å². The number of rotatable bonds is 7. The smallest absolute Gasteiger partial charge is 0.255 e. The number of imide groups is 1. The molecule has 0 bridgehead atoms. The monoisotopic (exact) mass is 534 g/mol. The van der Waals surface area contributed by atoms with Crippen molar-refractivity contribution < 1.29 is 19.1 Å². The Morgan fingerprint density at radius 3 is 2.55 bits per heavy atom. The normalized spacial score (nSPS) is 23.1. The summed E-state index contributed by atoms with van der Waals surface area (Å²) in [6.45, 7) is 4.94. The van der Waals surface area contributed by atoms with Crippen LogP contribution in [0, 0.1) is 11.3 Å². The first kappa shape index (κ1) is 26.2. The second-order valence-electron chi connectivity index (χ2n) is 10.5. The predicted octanol–water partition coefficient (Wildman–Crippen LogP) is 3.82. The molecule has 0 spiro atoms. The van der Waals surface area contributed by atoms with Crippen molar-refractivity contribution >= 4 is 29.3 Å². The lowest BCUT2D eigenvalue weighted by molar-refractivity contribution is -0.142. The number of carbonyl (C=O) groups excluding carboxylic acids is 3. The van der Waals surface area contributed by atoms with Crippen molar-refractivity contribution in [1.29, 1.82) is 5.26 Å². The van der Waals surface area contributed by atoms with Gasteiger partial charge in [0.25, 0.3) is 11.8 Å². The van der Waals surface area contributed by atoms with Crippen LogP contribution in [0.2, 0.25) is 5.02 Å². The average Bonchev–Trinajstić information content (AvgIpc) is 3.27. The van der Waals surface area contributed by atoms with Gasteiger partial charge in [-0.3, -0.25) is 19.7 Å². The lowest BCUT2D eigenvalue weighted by atomic mass is 9.74. The summed E-state index contributed by atoms with van der Waals surface area (Å²) in [5.74, 6) is -0.314. The molecule has 2 fully saturated rings. The van der Waals surface area contributed by atoms with Gasteiger partial charge in [-0.2, -0.15) is 5.26 Å². The number of piperidine rings is 2. The van der Waals surface area contributed by atoms with E-state index >= 15 is 0 Å². The molecule has 1 N–H and O–H groups in total. The molecular formula is C29H31ClN4O4. The second-order valence-corrected chi connectivity index (χ2v) is 10.9. The lowest BCUT2D eigenvalue weighted by Crippen LogP contribution is -2.61. The topological polar surface area (TPSA) is 103 Å². The molecule has 198 valence electrons. The molecule has 9 heteroatoms. The van der Waals surface area contributed by atoms with Gasteiger partial charge in [0.1, 0.15) is 11.3 Å². The molecule has 3 aliphatic heterocycles. The van der Waals surface area contributed by atoms with Gasteiger partial charge in [0.2, 0.25) is 5.91 Å². The van der Waals surface area contributed by atoms with Crippen LogP contribution in [-0.2, 0) is 21.5 Å². The zero-order valence-electron chi connectivity index (χ0n) is 21.5. The second kappa shape index (κ2) is 10.4. The maximum Gasteiger partial charge on any atom is 0.255 e. The Kier molecular flexibility index (Phi) is 7.17. The third-order valence-corrected chi connectivity index (χ3v) is 8.62. The van der Waals surface area contributed by atoms with Crippen molar-refractivity contribution in [2.45, 2.75) is 56.5 Å². The first-order chi connectivity index (χ1) is 18.3. The first-order valence-corrected chi connectivity index (χ1v) is 13.4. The van der Waals surface area contributed by atoms with Gasteiger partial charge in [-0.15, -0.1) is 0 Å². The van der Waals surface area contributed by atoms with Crippen molar-refractivity contribution in [3.8, 4) is 11.8 Å². The molecule has 3 heterocycles. The third kappa shape index (κ3) is 4.65. The maximum atomic E-state index is 13.2. The van der Waals surface area contributed by atoms with Crippen molar-refractivity contribution in [1.82, 2.24) is 15.1 Å². The highest BCUT2D eigenvalue weighted by molar-refractivity contribution is 6.31. The van der Waals surface area contributed by atoms with Gasteiger partial charge in [-0.25, -0.2) is 0 Å². The van der Waals surface area contributed by atoms with E-state index in [1.807, 2.05) is 30.3 Å². The number of fused-ring (bicyclic) bond motifs is 1. The van der Waals surface area contributed by atoms with Crippen molar-refractivity contribution in [3.63, 3.8) is 0 Å². The number of likely N-dealkylation sites (tertiary alicyclic amines) is 1. The van der Waals surface area contributed by atoms with E-state index in [9.17, 15) is 19.6 Å². The van der Waals surface area contributed by atoms with Crippen LogP contribution in [-0.4, -0.2) is 59.3 Å². The molecule has 3 amide bonds. The van der Waals surface area contributed by atoms with E-state index in [0.717, 1.165) is 50.0 Å². The number of benzene rings is 2. The molecule has 0 aliphatic carbocycles. The summed E-state index contributed by atoms with van der Waals surface area (Å²) >= 11 is 6.41. The van der Waals surface area contributed by atoms with Crippen LogP contribution >= 0.6 is 11.6 Å². The third-order valence-electron chi connectivity index (χ3n) is 8.29. The molecule has 0 unspecified atom stereocenters. The Bertz CT molecular complexity index is 1310. The van der Waals surface area contributed by atoms with Crippen LogP contribution in [0.5, 0.6) is 5.75 Å². The Hall–Kier alpha value is -3.41. The summed E-state index contributed by atoms with van der Waals surface area (Å²) in [7, 11) is 0. The minimum absolute atomic E-state index is 0.204. The van der Waals surface area contributed by atoms with Crippen LogP contribution in [0.25, 0.3) is 0 Å². The van der Waals surface area contributed by atoms with Gasteiger partial charge < -0.3 is 14.5 Å².